The third-order valence-electron chi connectivity index (χ3n) is 2.92. The monoisotopic (exact) mass is 188 g/mol. The van der Waals surface area contributed by atoms with Gasteiger partial charge in [-0.05, 0) is 38.5 Å². The average molecular weight is 188 g/mol. The van der Waals surface area contributed by atoms with Crippen molar-refractivity contribution in [3.8, 4) is 0 Å². The van der Waals surface area contributed by atoms with Crippen molar-refractivity contribution in [2.45, 2.75) is 52.6 Å². The molecule has 0 fully saturated rings. The molecule has 2 unspecified atom stereocenters. The lowest BCUT2D eigenvalue weighted by Crippen LogP contribution is -2.28. The summed E-state index contributed by atoms with van der Waals surface area (Å²) in [5, 5.41) is 18.4. The van der Waals surface area contributed by atoms with Gasteiger partial charge in [0.2, 0.25) is 0 Å². The van der Waals surface area contributed by atoms with Crippen LogP contribution in [-0.2, 0) is 0 Å². The molecule has 0 aromatic rings. The second kappa shape index (κ2) is 5.61. The van der Waals surface area contributed by atoms with Crippen molar-refractivity contribution < 1.29 is 10.2 Å². The largest absolute Gasteiger partial charge is 0.396 e. The van der Waals surface area contributed by atoms with Crippen LogP contribution in [0.4, 0.5) is 0 Å². The fourth-order valence-electron chi connectivity index (χ4n) is 1.25. The maximum Gasteiger partial charge on any atom is 0.0617 e. The minimum atomic E-state index is -0.571. The molecule has 0 saturated heterocycles. The van der Waals surface area contributed by atoms with E-state index in [4.69, 9.17) is 5.11 Å². The summed E-state index contributed by atoms with van der Waals surface area (Å²) in [6.07, 6.45) is 3.00. The van der Waals surface area contributed by atoms with E-state index in [0.717, 1.165) is 19.3 Å². The molecule has 0 saturated carbocycles. The first-order chi connectivity index (χ1) is 5.88. The van der Waals surface area contributed by atoms with E-state index >= 15 is 0 Å². The molecule has 13 heavy (non-hydrogen) atoms. The predicted molar refractivity (Wildman–Crippen MR) is 55.6 cm³/mol. The van der Waals surface area contributed by atoms with Crippen LogP contribution >= 0.6 is 0 Å². The molecule has 0 aliphatic rings. The Hall–Kier alpha value is -0.0800. The smallest absolute Gasteiger partial charge is 0.0617 e. The number of aliphatic hydroxyl groups excluding tert-OH is 1. The van der Waals surface area contributed by atoms with Crippen molar-refractivity contribution in [3.05, 3.63) is 0 Å². The Morgan fingerprint density at radius 1 is 1.08 bits per heavy atom. The molecule has 0 rings (SSSR count). The Kier molecular flexibility index (Phi) is 5.57. The average Bonchev–Trinajstić information content (AvgIpc) is 1.99. The lowest BCUT2D eigenvalue weighted by Gasteiger charge is -2.26. The molecule has 2 heteroatoms. The highest BCUT2D eigenvalue weighted by Crippen LogP contribution is 2.23. The topological polar surface area (TPSA) is 40.5 Å². The lowest BCUT2D eigenvalue weighted by atomic mass is 9.86. The third kappa shape index (κ3) is 6.05. The summed E-state index contributed by atoms with van der Waals surface area (Å²) in [5.74, 6) is 0.892. The highest BCUT2D eigenvalue weighted by atomic mass is 16.3. The van der Waals surface area contributed by atoms with E-state index in [9.17, 15) is 5.11 Å². The SMILES string of the molecule is CC(CCO)CCC(C)C(C)(C)O. The van der Waals surface area contributed by atoms with Crippen molar-refractivity contribution in [1.82, 2.24) is 0 Å². The van der Waals surface area contributed by atoms with Crippen LogP contribution in [0.15, 0.2) is 0 Å². The molecule has 2 atom stereocenters. The summed E-state index contributed by atoms with van der Waals surface area (Å²) in [4.78, 5) is 0. The Morgan fingerprint density at radius 3 is 2.00 bits per heavy atom. The lowest BCUT2D eigenvalue weighted by molar-refractivity contribution is 0.0187. The van der Waals surface area contributed by atoms with Gasteiger partial charge >= 0.3 is 0 Å². The van der Waals surface area contributed by atoms with Gasteiger partial charge in [-0.2, -0.15) is 0 Å². The fourth-order valence-corrected chi connectivity index (χ4v) is 1.25. The maximum absolute atomic E-state index is 9.68. The molecule has 2 nitrogen and oxygen atoms in total. The predicted octanol–water partition coefficient (Wildman–Crippen LogP) is 2.19. The number of aliphatic hydroxyl groups is 2. The summed E-state index contributed by atoms with van der Waals surface area (Å²) < 4.78 is 0. The quantitative estimate of drug-likeness (QED) is 0.671. The standard InChI is InChI=1S/C11H24O2/c1-9(7-8-12)5-6-10(2)11(3,4)13/h9-10,12-13H,5-8H2,1-4H3. The van der Waals surface area contributed by atoms with Gasteiger partial charge in [-0.3, -0.25) is 0 Å². The Balaban J connectivity index is 3.63. The van der Waals surface area contributed by atoms with E-state index in [-0.39, 0.29) is 6.61 Å². The maximum atomic E-state index is 9.68. The molecule has 0 aromatic heterocycles. The van der Waals surface area contributed by atoms with Crippen molar-refractivity contribution >= 4 is 0 Å². The van der Waals surface area contributed by atoms with E-state index < -0.39 is 5.60 Å². The van der Waals surface area contributed by atoms with Crippen LogP contribution in [0.25, 0.3) is 0 Å². The first-order valence-electron chi connectivity index (χ1n) is 5.21. The molecule has 0 bridgehead atoms. The minimum Gasteiger partial charge on any atom is -0.396 e. The van der Waals surface area contributed by atoms with Crippen LogP contribution in [0.2, 0.25) is 0 Å². The zero-order valence-electron chi connectivity index (χ0n) is 9.38. The molecule has 2 N–H and O–H groups in total. The van der Waals surface area contributed by atoms with Gasteiger partial charge in [0, 0.05) is 6.61 Å². The molecule has 0 aliphatic carbocycles. The molecule has 0 amide bonds. The Morgan fingerprint density at radius 2 is 1.62 bits per heavy atom. The second-order valence-electron chi connectivity index (χ2n) is 4.75. The molecule has 0 heterocycles. The Labute approximate surface area is 82.0 Å². The zero-order chi connectivity index (χ0) is 10.5. The first-order valence-corrected chi connectivity index (χ1v) is 5.21. The van der Waals surface area contributed by atoms with Gasteiger partial charge in [0.25, 0.3) is 0 Å². The summed E-state index contributed by atoms with van der Waals surface area (Å²) in [6, 6.07) is 0. The normalized spacial score (nSPS) is 17.1. The van der Waals surface area contributed by atoms with Gasteiger partial charge < -0.3 is 10.2 Å². The van der Waals surface area contributed by atoms with Crippen LogP contribution < -0.4 is 0 Å². The Bertz CT molecular complexity index is 127. The summed E-state index contributed by atoms with van der Waals surface area (Å²) >= 11 is 0. The molecule has 0 aromatic carbocycles. The van der Waals surface area contributed by atoms with Gasteiger partial charge in [-0.1, -0.05) is 20.3 Å². The van der Waals surface area contributed by atoms with E-state index in [0.29, 0.717) is 11.8 Å². The number of hydrogen-bond donors (Lipinski definition) is 2. The zero-order valence-corrected chi connectivity index (χ0v) is 9.38. The van der Waals surface area contributed by atoms with Crippen LogP contribution in [0.1, 0.15) is 47.0 Å². The molecule has 0 aliphatic heterocycles. The van der Waals surface area contributed by atoms with Gasteiger partial charge in [-0.15, -0.1) is 0 Å². The van der Waals surface area contributed by atoms with Gasteiger partial charge in [0.15, 0.2) is 0 Å². The van der Waals surface area contributed by atoms with Gasteiger partial charge in [-0.25, -0.2) is 0 Å². The molecular formula is C11H24O2. The molecule has 0 radical (unpaired) electrons. The van der Waals surface area contributed by atoms with Crippen LogP contribution in [0.5, 0.6) is 0 Å². The minimum absolute atomic E-state index is 0.276. The first kappa shape index (κ1) is 12.9. The van der Waals surface area contributed by atoms with Crippen LogP contribution in [0.3, 0.4) is 0 Å². The third-order valence-corrected chi connectivity index (χ3v) is 2.92. The highest BCUT2D eigenvalue weighted by molar-refractivity contribution is 4.73. The summed E-state index contributed by atoms with van der Waals surface area (Å²) in [6.45, 7) is 8.21. The van der Waals surface area contributed by atoms with E-state index in [1.165, 1.54) is 0 Å². The van der Waals surface area contributed by atoms with Crippen molar-refractivity contribution in [3.63, 3.8) is 0 Å². The molecular weight excluding hydrogens is 164 g/mol. The summed E-state index contributed by atoms with van der Waals surface area (Å²) in [5.41, 5.74) is -0.571. The van der Waals surface area contributed by atoms with Crippen molar-refractivity contribution in [2.75, 3.05) is 6.61 Å². The number of hydrogen-bond acceptors (Lipinski definition) is 2. The van der Waals surface area contributed by atoms with E-state index in [1.54, 1.807) is 0 Å². The van der Waals surface area contributed by atoms with Crippen LogP contribution in [-0.4, -0.2) is 22.4 Å². The second-order valence-corrected chi connectivity index (χ2v) is 4.75. The van der Waals surface area contributed by atoms with Crippen molar-refractivity contribution in [2.24, 2.45) is 11.8 Å². The van der Waals surface area contributed by atoms with Crippen molar-refractivity contribution in [1.29, 1.82) is 0 Å². The number of rotatable bonds is 6. The molecule has 0 spiro atoms. The fraction of sp³-hybridized carbons (Fsp3) is 1.00. The van der Waals surface area contributed by atoms with E-state index in [1.807, 2.05) is 13.8 Å². The van der Waals surface area contributed by atoms with Crippen LogP contribution in [0, 0.1) is 11.8 Å². The summed E-state index contributed by atoms with van der Waals surface area (Å²) in [7, 11) is 0. The highest BCUT2D eigenvalue weighted by Gasteiger charge is 2.22. The van der Waals surface area contributed by atoms with Gasteiger partial charge in [0.05, 0.1) is 5.60 Å². The van der Waals surface area contributed by atoms with E-state index in [2.05, 4.69) is 13.8 Å². The molecule has 80 valence electrons. The van der Waals surface area contributed by atoms with Gasteiger partial charge in [0.1, 0.15) is 0 Å².